The van der Waals surface area contributed by atoms with Crippen LogP contribution in [0, 0.1) is 6.92 Å². The summed E-state index contributed by atoms with van der Waals surface area (Å²) in [4.78, 5) is 0. The van der Waals surface area contributed by atoms with E-state index in [0.717, 1.165) is 29.7 Å². The van der Waals surface area contributed by atoms with Crippen LogP contribution in [0.15, 0.2) is 18.2 Å². The van der Waals surface area contributed by atoms with Gasteiger partial charge in [-0.15, -0.1) is 0 Å². The number of rotatable bonds is 1. The third kappa shape index (κ3) is 3.22. The van der Waals surface area contributed by atoms with Crippen LogP contribution in [0.2, 0.25) is 0 Å². The lowest BCUT2D eigenvalue weighted by molar-refractivity contribution is 0.592. The Morgan fingerprint density at radius 1 is 1.24 bits per heavy atom. The summed E-state index contributed by atoms with van der Waals surface area (Å²) in [5, 5.41) is 0. The minimum Gasteiger partial charge on any atom is -0.270 e. The van der Waals surface area contributed by atoms with E-state index in [4.69, 9.17) is 0 Å². The molecule has 1 aromatic rings. The number of hydrogen-bond donors (Lipinski definition) is 0. The molecule has 1 heterocycles. The second kappa shape index (κ2) is 5.54. The molecule has 0 saturated carbocycles. The Morgan fingerprint density at radius 2 is 1.88 bits per heavy atom. The van der Waals surface area contributed by atoms with Gasteiger partial charge in [-0.2, -0.15) is 0 Å². The minimum absolute atomic E-state index is 0.606. The second-order valence-corrected chi connectivity index (χ2v) is 5.98. The molecule has 2 rings (SSSR count). The van der Waals surface area contributed by atoms with Crippen molar-refractivity contribution in [3.05, 3.63) is 29.3 Å². The van der Waals surface area contributed by atoms with Gasteiger partial charge in [-0.25, -0.2) is 8.42 Å². The van der Waals surface area contributed by atoms with Crippen LogP contribution in [-0.2, 0) is 16.4 Å². The van der Waals surface area contributed by atoms with E-state index in [0.29, 0.717) is 6.54 Å². The minimum atomic E-state index is -3.12. The van der Waals surface area contributed by atoms with Crippen LogP contribution in [0.5, 0.6) is 0 Å². The maximum atomic E-state index is 11.6. The molecule has 0 saturated heterocycles. The first kappa shape index (κ1) is 14.0. The molecule has 0 atom stereocenters. The van der Waals surface area contributed by atoms with E-state index >= 15 is 0 Å². The van der Waals surface area contributed by atoms with Gasteiger partial charge in [-0.05, 0) is 37.0 Å². The Bertz CT molecular complexity index is 480. The highest BCUT2D eigenvalue weighted by Crippen LogP contribution is 2.29. The van der Waals surface area contributed by atoms with Crippen LogP contribution < -0.4 is 4.31 Å². The van der Waals surface area contributed by atoms with Crippen molar-refractivity contribution in [3.63, 3.8) is 0 Å². The molecular weight excluding hydrogens is 234 g/mol. The Hall–Kier alpha value is -1.03. The third-order valence-corrected chi connectivity index (χ3v) is 3.90. The summed E-state index contributed by atoms with van der Waals surface area (Å²) in [5.41, 5.74) is 3.10. The fraction of sp³-hybridized carbons (Fsp3) is 0.538. The maximum Gasteiger partial charge on any atom is 0.232 e. The predicted molar refractivity (Wildman–Crippen MR) is 73.0 cm³/mol. The highest BCUT2D eigenvalue weighted by Gasteiger charge is 2.23. The van der Waals surface area contributed by atoms with Crippen LogP contribution in [-0.4, -0.2) is 21.2 Å². The first-order chi connectivity index (χ1) is 7.98. The lowest BCUT2D eigenvalue weighted by atomic mass is 10.0. The molecule has 0 fully saturated rings. The summed E-state index contributed by atoms with van der Waals surface area (Å²) in [7, 11) is -3.12. The van der Waals surface area contributed by atoms with Crippen LogP contribution >= 0.6 is 0 Å². The topological polar surface area (TPSA) is 37.4 Å². The molecule has 96 valence electrons. The number of benzene rings is 1. The average molecular weight is 255 g/mol. The van der Waals surface area contributed by atoms with Gasteiger partial charge in [0, 0.05) is 6.54 Å². The number of aryl methyl sites for hydroxylation is 2. The quantitative estimate of drug-likeness (QED) is 0.774. The molecule has 0 bridgehead atoms. The zero-order valence-electron chi connectivity index (χ0n) is 11.0. The molecule has 0 unspecified atom stereocenters. The zero-order valence-corrected chi connectivity index (χ0v) is 11.8. The Morgan fingerprint density at radius 3 is 2.47 bits per heavy atom. The first-order valence-corrected chi connectivity index (χ1v) is 7.90. The summed E-state index contributed by atoms with van der Waals surface area (Å²) in [6.45, 7) is 6.59. The molecule has 0 spiro atoms. The summed E-state index contributed by atoms with van der Waals surface area (Å²) < 4.78 is 24.7. The third-order valence-electron chi connectivity index (χ3n) is 2.72. The standard InChI is InChI=1S/C11H15NO2S.C2H6/c1-9-5-6-10-4-3-7-12(11(10)8-9)15(2,13)14;1-2/h5-6,8H,3-4,7H2,1-2H3;1-2H3. The lowest BCUT2D eigenvalue weighted by Crippen LogP contribution is -2.34. The molecule has 3 nitrogen and oxygen atoms in total. The predicted octanol–water partition coefficient (Wildman–Crippen LogP) is 2.73. The Balaban J connectivity index is 0.000000686. The molecule has 0 aromatic heterocycles. The largest absolute Gasteiger partial charge is 0.270 e. The summed E-state index contributed by atoms with van der Waals surface area (Å²) >= 11 is 0. The number of hydrogen-bond acceptors (Lipinski definition) is 2. The number of nitrogens with zero attached hydrogens (tertiary/aromatic N) is 1. The normalized spacial score (nSPS) is 14.7. The van der Waals surface area contributed by atoms with Gasteiger partial charge in [0.25, 0.3) is 0 Å². The number of sulfonamides is 1. The smallest absolute Gasteiger partial charge is 0.232 e. The molecule has 0 N–H and O–H groups in total. The highest BCUT2D eigenvalue weighted by molar-refractivity contribution is 7.92. The van der Waals surface area contributed by atoms with Crippen molar-refractivity contribution >= 4 is 15.7 Å². The lowest BCUT2D eigenvalue weighted by Gasteiger charge is -2.29. The fourth-order valence-electron chi connectivity index (χ4n) is 2.00. The van der Waals surface area contributed by atoms with Gasteiger partial charge < -0.3 is 0 Å². The van der Waals surface area contributed by atoms with Crippen LogP contribution in [0.3, 0.4) is 0 Å². The average Bonchev–Trinajstić information content (AvgIpc) is 2.29. The number of anilines is 1. The van der Waals surface area contributed by atoms with Crippen LogP contribution in [0.25, 0.3) is 0 Å². The monoisotopic (exact) mass is 255 g/mol. The van der Waals surface area contributed by atoms with Crippen molar-refractivity contribution < 1.29 is 8.42 Å². The molecular formula is C13H21NO2S. The van der Waals surface area contributed by atoms with Gasteiger partial charge in [0.05, 0.1) is 11.9 Å². The Labute approximate surface area is 105 Å². The Kier molecular flexibility index (Phi) is 4.57. The summed E-state index contributed by atoms with van der Waals surface area (Å²) in [5.74, 6) is 0. The van der Waals surface area contributed by atoms with E-state index < -0.39 is 10.0 Å². The molecule has 0 radical (unpaired) electrons. The van der Waals surface area contributed by atoms with Gasteiger partial charge in [0.1, 0.15) is 0 Å². The van der Waals surface area contributed by atoms with E-state index in [9.17, 15) is 8.42 Å². The summed E-state index contributed by atoms with van der Waals surface area (Å²) in [6, 6.07) is 6.02. The SMILES string of the molecule is CC.Cc1ccc2c(c1)N(S(C)(=O)=O)CCC2. The van der Waals surface area contributed by atoms with E-state index in [1.165, 1.54) is 10.6 Å². The molecule has 17 heavy (non-hydrogen) atoms. The van der Waals surface area contributed by atoms with Crippen LogP contribution in [0.1, 0.15) is 31.4 Å². The first-order valence-electron chi connectivity index (χ1n) is 6.06. The summed E-state index contributed by atoms with van der Waals surface area (Å²) in [6.07, 6.45) is 3.15. The van der Waals surface area contributed by atoms with E-state index in [1.54, 1.807) is 0 Å². The highest BCUT2D eigenvalue weighted by atomic mass is 32.2. The van der Waals surface area contributed by atoms with Crippen molar-refractivity contribution in [1.82, 2.24) is 0 Å². The molecule has 1 aliphatic heterocycles. The van der Waals surface area contributed by atoms with Gasteiger partial charge in [0.2, 0.25) is 10.0 Å². The van der Waals surface area contributed by atoms with E-state index in [2.05, 4.69) is 0 Å². The van der Waals surface area contributed by atoms with Crippen molar-refractivity contribution in [3.8, 4) is 0 Å². The maximum absolute atomic E-state index is 11.6. The molecule has 0 aliphatic carbocycles. The van der Waals surface area contributed by atoms with Gasteiger partial charge in [0.15, 0.2) is 0 Å². The van der Waals surface area contributed by atoms with E-state index in [1.807, 2.05) is 39.0 Å². The fourth-order valence-corrected chi connectivity index (χ4v) is 2.98. The molecule has 1 aliphatic rings. The molecule has 1 aromatic carbocycles. The van der Waals surface area contributed by atoms with Crippen molar-refractivity contribution in [2.24, 2.45) is 0 Å². The van der Waals surface area contributed by atoms with Gasteiger partial charge >= 0.3 is 0 Å². The molecule has 4 heteroatoms. The molecule has 0 amide bonds. The van der Waals surface area contributed by atoms with Gasteiger partial charge in [-0.3, -0.25) is 4.31 Å². The zero-order chi connectivity index (χ0) is 13.1. The van der Waals surface area contributed by atoms with E-state index in [-0.39, 0.29) is 0 Å². The van der Waals surface area contributed by atoms with Crippen molar-refractivity contribution in [2.45, 2.75) is 33.6 Å². The van der Waals surface area contributed by atoms with Crippen LogP contribution in [0.4, 0.5) is 5.69 Å². The second-order valence-electron chi connectivity index (χ2n) is 4.07. The number of fused-ring (bicyclic) bond motifs is 1. The van der Waals surface area contributed by atoms with Gasteiger partial charge in [-0.1, -0.05) is 26.0 Å². The van der Waals surface area contributed by atoms with Crippen molar-refractivity contribution in [2.75, 3.05) is 17.1 Å². The van der Waals surface area contributed by atoms with Crippen molar-refractivity contribution in [1.29, 1.82) is 0 Å².